The van der Waals surface area contributed by atoms with Crippen LogP contribution in [0.1, 0.15) is 169 Å². The molecule has 0 aliphatic rings. The molecular formula is C28H61OSb. The Hall–Kier alpha value is 0.778. The van der Waals surface area contributed by atoms with Crippen molar-refractivity contribution in [2.24, 2.45) is 5.92 Å². The first kappa shape index (κ1) is 33.0. The minimum atomic E-state index is 0. The van der Waals surface area contributed by atoms with Gasteiger partial charge in [0.2, 0.25) is 0 Å². The van der Waals surface area contributed by atoms with Crippen LogP contribution in [0.25, 0.3) is 0 Å². The Labute approximate surface area is 206 Å². The molecule has 0 radical (unpaired) electrons. The van der Waals surface area contributed by atoms with Gasteiger partial charge in [-0.05, 0) is 0 Å². The Balaban J connectivity index is 0. The van der Waals surface area contributed by atoms with E-state index in [0.29, 0.717) is 0 Å². The molecule has 0 rings (SSSR count). The van der Waals surface area contributed by atoms with Crippen molar-refractivity contribution in [3.8, 4) is 0 Å². The third-order valence-electron chi connectivity index (χ3n) is 7.23. The molecule has 0 bridgehead atoms. The van der Waals surface area contributed by atoms with Crippen LogP contribution >= 0.6 is 0 Å². The Kier molecular flexibility index (Phi) is 26.8. The second-order valence-corrected chi connectivity index (χ2v) is 14.1. The molecule has 184 valence electrons. The molecule has 0 aromatic carbocycles. The van der Waals surface area contributed by atoms with Gasteiger partial charge in [-0.2, -0.15) is 0 Å². The second kappa shape index (κ2) is 24.4. The van der Waals surface area contributed by atoms with E-state index in [2.05, 4.69) is 27.7 Å². The first-order valence-corrected chi connectivity index (χ1v) is 16.0. The fraction of sp³-hybridized carbons (Fsp3) is 1.00. The van der Waals surface area contributed by atoms with Crippen LogP contribution in [-0.4, -0.2) is 28.5 Å². The largest absolute Gasteiger partial charge is 0.870 e. The summed E-state index contributed by atoms with van der Waals surface area (Å²) < 4.78 is 0.780. The maximum Gasteiger partial charge on any atom is -0.870 e. The molecular weight excluding hydrogens is 474 g/mol. The van der Waals surface area contributed by atoms with Gasteiger partial charge in [-0.1, -0.05) is 26.2 Å². The van der Waals surface area contributed by atoms with E-state index in [9.17, 15) is 0 Å². The van der Waals surface area contributed by atoms with Crippen LogP contribution in [0, 0.1) is 5.92 Å². The van der Waals surface area contributed by atoms with Gasteiger partial charge in [-0.3, -0.25) is 0 Å². The predicted molar refractivity (Wildman–Crippen MR) is 142 cm³/mol. The minimum absolute atomic E-state index is 0. The molecule has 1 atom stereocenters. The summed E-state index contributed by atoms with van der Waals surface area (Å²) in [5.41, 5.74) is 0. The monoisotopic (exact) mass is 534 g/mol. The fourth-order valence-electron chi connectivity index (χ4n) is 5.03. The molecule has 0 heterocycles. The van der Waals surface area contributed by atoms with Gasteiger partial charge < -0.3 is 5.48 Å². The Morgan fingerprint density at radius 2 is 0.800 bits per heavy atom. The summed E-state index contributed by atoms with van der Waals surface area (Å²) in [6.45, 7) is 9.47. The second-order valence-electron chi connectivity index (χ2n) is 10.1. The summed E-state index contributed by atoms with van der Waals surface area (Å²) in [6.07, 6.45) is 32.5. The third-order valence-corrected chi connectivity index (χ3v) is 10.9. The molecule has 1 unspecified atom stereocenters. The van der Waals surface area contributed by atoms with Crippen LogP contribution < -0.4 is 0 Å². The molecule has 0 aromatic heterocycles. The molecule has 0 saturated heterocycles. The van der Waals surface area contributed by atoms with Crippen LogP contribution in [0.4, 0.5) is 0 Å². The fourth-order valence-corrected chi connectivity index (χ4v) is 7.62. The van der Waals surface area contributed by atoms with Crippen molar-refractivity contribution in [2.75, 3.05) is 0 Å². The first-order valence-electron chi connectivity index (χ1n) is 14.0. The molecule has 0 amide bonds. The van der Waals surface area contributed by atoms with Crippen molar-refractivity contribution in [3.63, 3.8) is 0 Å². The quantitative estimate of drug-likeness (QED) is 0.0946. The van der Waals surface area contributed by atoms with Crippen molar-refractivity contribution in [1.82, 2.24) is 0 Å². The van der Waals surface area contributed by atoms with E-state index < -0.39 is 0 Å². The molecule has 0 spiro atoms. The van der Waals surface area contributed by atoms with E-state index in [1.807, 2.05) is 0 Å². The number of hydrogen-bond donors (Lipinski definition) is 0. The van der Waals surface area contributed by atoms with E-state index in [4.69, 9.17) is 0 Å². The normalized spacial score (nSPS) is 12.8. The number of rotatable bonds is 23. The topological polar surface area (TPSA) is 30.0 Å². The minimum Gasteiger partial charge on any atom is -0.870 e. The Bertz CT molecular complexity index is 310. The molecule has 0 saturated carbocycles. The van der Waals surface area contributed by atoms with Crippen LogP contribution in [0.3, 0.4) is 0 Å². The Morgan fingerprint density at radius 1 is 0.467 bits per heavy atom. The zero-order valence-electron chi connectivity index (χ0n) is 21.8. The molecule has 0 aliphatic carbocycles. The van der Waals surface area contributed by atoms with Crippen LogP contribution in [0.15, 0.2) is 0 Å². The maximum atomic E-state index is 2.39. The van der Waals surface area contributed by atoms with Gasteiger partial charge >= 0.3 is 175 Å². The van der Waals surface area contributed by atoms with Crippen molar-refractivity contribution in [2.45, 2.75) is 172 Å². The zero-order valence-corrected chi connectivity index (χ0v) is 25.8. The van der Waals surface area contributed by atoms with E-state index in [1.54, 1.807) is 19.3 Å². The predicted octanol–water partition coefficient (Wildman–Crippen LogP) is 9.61. The van der Waals surface area contributed by atoms with Gasteiger partial charge in [0.15, 0.2) is 0 Å². The van der Waals surface area contributed by atoms with E-state index in [-0.39, 0.29) is 5.48 Å². The van der Waals surface area contributed by atoms with Crippen LogP contribution in [-0.2, 0) is 0 Å². The molecule has 0 aromatic rings. The average molecular weight is 536 g/mol. The summed E-state index contributed by atoms with van der Waals surface area (Å²) in [5.74, 6) is 1.05. The number of unbranched alkanes of at least 4 members (excludes halogenated alkanes) is 14. The van der Waals surface area contributed by atoms with Crippen molar-refractivity contribution in [1.29, 1.82) is 0 Å². The summed E-state index contributed by atoms with van der Waals surface area (Å²) in [6, 6.07) is 0. The zero-order chi connectivity index (χ0) is 21.6. The van der Waals surface area contributed by atoms with Crippen molar-refractivity contribution in [3.05, 3.63) is 0 Å². The third kappa shape index (κ3) is 18.4. The molecule has 30 heavy (non-hydrogen) atoms. The first-order chi connectivity index (χ1) is 14.1. The van der Waals surface area contributed by atoms with Gasteiger partial charge in [-0.25, -0.2) is 0 Å². The summed E-state index contributed by atoms with van der Waals surface area (Å²) in [4.78, 5) is 0. The molecule has 1 nitrogen and oxygen atoms in total. The summed E-state index contributed by atoms with van der Waals surface area (Å²) in [7, 11) is 0. The van der Waals surface area contributed by atoms with Crippen LogP contribution in [0.2, 0.25) is 3.36 Å². The van der Waals surface area contributed by atoms with E-state index >= 15 is 0 Å². The average Bonchev–Trinajstić information content (AvgIpc) is 2.73. The van der Waals surface area contributed by atoms with Crippen molar-refractivity contribution >= 4 is 23.0 Å². The molecule has 0 aliphatic heterocycles. The van der Waals surface area contributed by atoms with E-state index in [1.165, 1.54) is 122 Å². The molecule has 2 heteroatoms. The van der Waals surface area contributed by atoms with Gasteiger partial charge in [0.1, 0.15) is 0 Å². The maximum absolute atomic E-state index is 2.39. The van der Waals surface area contributed by atoms with Crippen molar-refractivity contribution < 1.29 is 5.48 Å². The number of hydrogen-bond acceptors (Lipinski definition) is 1. The van der Waals surface area contributed by atoms with Gasteiger partial charge in [0.05, 0.1) is 0 Å². The SMILES string of the molecule is CCCCCCCCCCCCCCC(CCCC)[C]([SbH3+])(CCCC)CCCC.[OH-]. The smallest absolute Gasteiger partial charge is 0.870 e. The summed E-state index contributed by atoms with van der Waals surface area (Å²) in [5, 5.41) is 0. The van der Waals surface area contributed by atoms with Crippen LogP contribution in [0.5, 0.6) is 0 Å². The van der Waals surface area contributed by atoms with Gasteiger partial charge in [0.25, 0.3) is 0 Å². The summed E-state index contributed by atoms with van der Waals surface area (Å²) >= 11 is 1.14. The van der Waals surface area contributed by atoms with Gasteiger partial charge in [-0.15, -0.1) is 0 Å². The standard InChI is InChI=1S/C28H57.H2O.Sb.3H/c1-5-9-13-14-15-16-17-18-19-20-21-22-26-28(25-12-8-4)27(23-10-6-2)24-11-7-3;;;;;/h28H,5-26H2,1-4H3;1H2;;;;/q;;+1;;;/p-1. The molecule has 0 fully saturated rings. The van der Waals surface area contributed by atoms with Gasteiger partial charge in [0, 0.05) is 0 Å². The Morgan fingerprint density at radius 3 is 1.20 bits per heavy atom. The van der Waals surface area contributed by atoms with E-state index in [0.717, 1.165) is 32.3 Å². The molecule has 1 N–H and O–H groups in total.